The maximum absolute atomic E-state index is 11.6. The molecule has 0 saturated carbocycles. The first kappa shape index (κ1) is 20.2. The Morgan fingerprint density at radius 2 is 1.86 bits per heavy atom. The summed E-state index contributed by atoms with van der Waals surface area (Å²) in [6.07, 6.45) is 2.02. The minimum atomic E-state index is -3.18. The molecule has 0 radical (unpaired) electrons. The lowest BCUT2D eigenvalue weighted by Crippen LogP contribution is -2.45. The summed E-state index contributed by atoms with van der Waals surface area (Å²) in [6, 6.07) is 15.0. The summed E-state index contributed by atoms with van der Waals surface area (Å²) in [5.41, 5.74) is 1.82. The van der Waals surface area contributed by atoms with Gasteiger partial charge < -0.3 is 15.4 Å². The van der Waals surface area contributed by atoms with Crippen molar-refractivity contribution < 1.29 is 13.2 Å². The van der Waals surface area contributed by atoms with E-state index in [1.54, 1.807) is 19.2 Å². The van der Waals surface area contributed by atoms with Gasteiger partial charge in [-0.05, 0) is 37.6 Å². The molecule has 150 valence electrons. The Morgan fingerprint density at radius 1 is 1.18 bits per heavy atom. The second-order valence-electron chi connectivity index (χ2n) is 7.64. The van der Waals surface area contributed by atoms with Crippen LogP contribution in [-0.4, -0.2) is 33.3 Å². The SMILES string of the molecule is CN=C(NCc1ccc(S(C)(=O)=O)cc1)NC1CC(C)(C)Oc2ccccc21. The van der Waals surface area contributed by atoms with Crippen molar-refractivity contribution in [2.45, 2.75) is 43.4 Å². The van der Waals surface area contributed by atoms with Gasteiger partial charge in [-0.2, -0.15) is 0 Å². The summed E-state index contributed by atoms with van der Waals surface area (Å²) in [7, 11) is -1.45. The Labute approximate surface area is 167 Å². The number of hydrogen-bond acceptors (Lipinski definition) is 4. The molecule has 2 N–H and O–H groups in total. The molecule has 7 heteroatoms. The average molecular weight is 402 g/mol. The normalized spacial score (nSPS) is 18.7. The van der Waals surface area contributed by atoms with Crippen molar-refractivity contribution in [2.75, 3.05) is 13.3 Å². The van der Waals surface area contributed by atoms with Crippen LogP contribution in [0.1, 0.15) is 37.4 Å². The van der Waals surface area contributed by atoms with E-state index in [1.807, 2.05) is 30.3 Å². The van der Waals surface area contributed by atoms with Crippen molar-refractivity contribution in [1.29, 1.82) is 0 Å². The van der Waals surface area contributed by atoms with Gasteiger partial charge in [0.25, 0.3) is 0 Å². The van der Waals surface area contributed by atoms with Crippen LogP contribution >= 0.6 is 0 Å². The van der Waals surface area contributed by atoms with Crippen molar-refractivity contribution in [2.24, 2.45) is 4.99 Å². The minimum absolute atomic E-state index is 0.0822. The second kappa shape index (κ2) is 7.83. The van der Waals surface area contributed by atoms with Crippen LogP contribution in [0, 0.1) is 0 Å². The zero-order chi connectivity index (χ0) is 20.4. The molecule has 2 aromatic carbocycles. The van der Waals surface area contributed by atoms with Crippen LogP contribution in [0.2, 0.25) is 0 Å². The van der Waals surface area contributed by atoms with Crippen LogP contribution < -0.4 is 15.4 Å². The van der Waals surface area contributed by atoms with E-state index in [9.17, 15) is 8.42 Å². The standard InChI is InChI=1S/C21H27N3O3S/c1-21(2)13-18(17-7-5-6-8-19(17)27-21)24-20(22-3)23-14-15-9-11-16(12-10-15)28(4,25)26/h5-12,18H,13-14H2,1-4H3,(H2,22,23,24). The molecule has 0 aliphatic carbocycles. The molecule has 6 nitrogen and oxygen atoms in total. The van der Waals surface area contributed by atoms with Gasteiger partial charge in [0, 0.05) is 31.8 Å². The lowest BCUT2D eigenvalue weighted by molar-refractivity contribution is 0.0694. The third kappa shape index (κ3) is 4.84. The highest BCUT2D eigenvalue weighted by Crippen LogP contribution is 2.39. The van der Waals surface area contributed by atoms with E-state index in [-0.39, 0.29) is 11.6 Å². The smallest absolute Gasteiger partial charge is 0.191 e. The molecule has 1 aliphatic rings. The molecule has 2 aromatic rings. The number of nitrogens with zero attached hydrogens (tertiary/aromatic N) is 1. The number of ether oxygens (including phenoxy) is 1. The van der Waals surface area contributed by atoms with Gasteiger partial charge in [0.15, 0.2) is 15.8 Å². The Bertz CT molecular complexity index is 967. The molecule has 0 aromatic heterocycles. The van der Waals surface area contributed by atoms with Crippen molar-refractivity contribution in [3.63, 3.8) is 0 Å². The number of benzene rings is 2. The summed E-state index contributed by atoms with van der Waals surface area (Å²) in [6.45, 7) is 4.70. The van der Waals surface area contributed by atoms with Crippen molar-refractivity contribution in [3.05, 3.63) is 59.7 Å². The molecular weight excluding hydrogens is 374 g/mol. The number of para-hydroxylation sites is 1. The van der Waals surface area contributed by atoms with Gasteiger partial charge in [0.05, 0.1) is 10.9 Å². The van der Waals surface area contributed by atoms with Crippen LogP contribution in [0.4, 0.5) is 0 Å². The Hall–Kier alpha value is -2.54. The summed E-state index contributed by atoms with van der Waals surface area (Å²) in [5, 5.41) is 6.78. The van der Waals surface area contributed by atoms with Crippen LogP contribution in [0.5, 0.6) is 5.75 Å². The number of nitrogens with one attached hydrogen (secondary N) is 2. The van der Waals surface area contributed by atoms with Crippen LogP contribution in [0.15, 0.2) is 58.4 Å². The predicted octanol–water partition coefficient (Wildman–Crippen LogP) is 3.06. The molecule has 1 aliphatic heterocycles. The molecule has 0 amide bonds. The van der Waals surface area contributed by atoms with Crippen molar-refractivity contribution >= 4 is 15.8 Å². The number of sulfone groups is 1. The molecule has 0 fully saturated rings. The van der Waals surface area contributed by atoms with Gasteiger partial charge in [-0.25, -0.2) is 8.42 Å². The van der Waals surface area contributed by atoms with Gasteiger partial charge in [0.1, 0.15) is 11.4 Å². The molecule has 0 bridgehead atoms. The van der Waals surface area contributed by atoms with E-state index in [0.29, 0.717) is 17.4 Å². The zero-order valence-corrected chi connectivity index (χ0v) is 17.5. The third-order valence-electron chi connectivity index (χ3n) is 4.72. The molecule has 1 atom stereocenters. The summed E-state index contributed by atoms with van der Waals surface area (Å²) in [5.74, 6) is 1.58. The van der Waals surface area contributed by atoms with Crippen LogP contribution in [0.25, 0.3) is 0 Å². The van der Waals surface area contributed by atoms with Crippen LogP contribution in [-0.2, 0) is 16.4 Å². The number of guanidine groups is 1. The number of fused-ring (bicyclic) bond motifs is 1. The third-order valence-corrected chi connectivity index (χ3v) is 5.85. The van der Waals surface area contributed by atoms with Crippen molar-refractivity contribution in [3.8, 4) is 5.75 Å². The Morgan fingerprint density at radius 3 is 2.50 bits per heavy atom. The highest BCUT2D eigenvalue weighted by atomic mass is 32.2. The molecule has 0 saturated heterocycles. The minimum Gasteiger partial charge on any atom is -0.487 e. The fourth-order valence-corrected chi connectivity index (χ4v) is 3.96. The molecular formula is C21H27N3O3S. The van der Waals surface area contributed by atoms with E-state index < -0.39 is 9.84 Å². The first-order chi connectivity index (χ1) is 13.2. The van der Waals surface area contributed by atoms with Gasteiger partial charge >= 0.3 is 0 Å². The van der Waals surface area contributed by atoms with Crippen LogP contribution in [0.3, 0.4) is 0 Å². The second-order valence-corrected chi connectivity index (χ2v) is 9.66. The number of hydrogen-bond donors (Lipinski definition) is 2. The van der Waals surface area contributed by atoms with Gasteiger partial charge in [-0.1, -0.05) is 30.3 Å². The zero-order valence-electron chi connectivity index (χ0n) is 16.7. The quantitative estimate of drug-likeness (QED) is 0.608. The van der Waals surface area contributed by atoms with E-state index in [2.05, 4.69) is 35.5 Å². The molecule has 28 heavy (non-hydrogen) atoms. The Balaban J connectivity index is 1.68. The molecule has 0 spiro atoms. The van der Waals surface area contributed by atoms with Gasteiger partial charge in [-0.15, -0.1) is 0 Å². The average Bonchev–Trinajstić information content (AvgIpc) is 2.63. The highest BCUT2D eigenvalue weighted by molar-refractivity contribution is 7.90. The molecule has 1 heterocycles. The van der Waals surface area contributed by atoms with Crippen molar-refractivity contribution in [1.82, 2.24) is 10.6 Å². The topological polar surface area (TPSA) is 79.8 Å². The summed E-state index contributed by atoms with van der Waals surface area (Å²) in [4.78, 5) is 4.65. The van der Waals surface area contributed by atoms with E-state index in [1.165, 1.54) is 6.26 Å². The van der Waals surface area contributed by atoms with E-state index in [4.69, 9.17) is 4.74 Å². The first-order valence-electron chi connectivity index (χ1n) is 9.22. The maximum Gasteiger partial charge on any atom is 0.191 e. The number of rotatable bonds is 4. The lowest BCUT2D eigenvalue weighted by atomic mass is 9.90. The summed E-state index contributed by atoms with van der Waals surface area (Å²) < 4.78 is 29.2. The van der Waals surface area contributed by atoms with E-state index >= 15 is 0 Å². The van der Waals surface area contributed by atoms with Gasteiger partial charge in [-0.3, -0.25) is 4.99 Å². The Kier molecular flexibility index (Phi) is 5.65. The monoisotopic (exact) mass is 401 g/mol. The fourth-order valence-electron chi connectivity index (χ4n) is 3.33. The number of aliphatic imine (C=N–C) groups is 1. The first-order valence-corrected chi connectivity index (χ1v) is 11.1. The fraction of sp³-hybridized carbons (Fsp3) is 0.381. The highest BCUT2D eigenvalue weighted by Gasteiger charge is 2.33. The predicted molar refractivity (Wildman–Crippen MR) is 111 cm³/mol. The molecule has 3 rings (SSSR count). The van der Waals surface area contributed by atoms with Gasteiger partial charge in [0.2, 0.25) is 0 Å². The summed E-state index contributed by atoms with van der Waals surface area (Å²) >= 11 is 0. The lowest BCUT2D eigenvalue weighted by Gasteiger charge is -2.38. The molecule has 1 unspecified atom stereocenters. The largest absolute Gasteiger partial charge is 0.487 e. The maximum atomic E-state index is 11.6. The van der Waals surface area contributed by atoms with E-state index in [0.717, 1.165) is 23.3 Å².